The van der Waals surface area contributed by atoms with E-state index in [2.05, 4.69) is 16.8 Å². The summed E-state index contributed by atoms with van der Waals surface area (Å²) >= 11 is 0. The number of halogens is 1. The molecular formula is C24H24FN3O2. The van der Waals surface area contributed by atoms with E-state index in [4.69, 9.17) is 4.74 Å². The Labute approximate surface area is 175 Å². The van der Waals surface area contributed by atoms with Crippen LogP contribution in [0.15, 0.2) is 42.5 Å². The third-order valence-corrected chi connectivity index (χ3v) is 5.35. The molecule has 0 radical (unpaired) electrons. The van der Waals surface area contributed by atoms with Crippen molar-refractivity contribution in [2.24, 2.45) is 0 Å². The van der Waals surface area contributed by atoms with Crippen LogP contribution in [0, 0.1) is 17.1 Å². The molecule has 0 spiro atoms. The van der Waals surface area contributed by atoms with Crippen LogP contribution in [0.25, 0.3) is 22.2 Å². The Hall–Kier alpha value is -3.33. The van der Waals surface area contributed by atoms with Crippen LogP contribution >= 0.6 is 0 Å². The highest BCUT2D eigenvalue weighted by Gasteiger charge is 2.41. The first-order chi connectivity index (χ1) is 14.1. The minimum absolute atomic E-state index is 0.0466. The Balaban J connectivity index is 1.71. The van der Waals surface area contributed by atoms with Crippen molar-refractivity contribution in [1.29, 1.82) is 5.26 Å². The molecule has 0 aliphatic heterocycles. The second-order valence-electron chi connectivity index (χ2n) is 9.07. The number of carbonyl (C=O) groups is 1. The van der Waals surface area contributed by atoms with Gasteiger partial charge in [-0.3, -0.25) is 5.32 Å². The minimum Gasteiger partial charge on any atom is -0.444 e. The van der Waals surface area contributed by atoms with Gasteiger partial charge in [-0.2, -0.15) is 5.26 Å². The Morgan fingerprint density at radius 1 is 1.20 bits per heavy atom. The maximum Gasteiger partial charge on any atom is 0.412 e. The van der Waals surface area contributed by atoms with Gasteiger partial charge in [-0.15, -0.1) is 0 Å². The first-order valence-corrected chi connectivity index (χ1v) is 9.96. The minimum atomic E-state index is -0.567. The third kappa shape index (κ3) is 3.76. The number of benzene rings is 2. The number of rotatable bonds is 3. The molecule has 0 saturated heterocycles. The van der Waals surface area contributed by atoms with Crippen LogP contribution < -0.4 is 5.32 Å². The first kappa shape index (κ1) is 20.0. The summed E-state index contributed by atoms with van der Waals surface area (Å²) in [7, 11) is 0. The third-order valence-electron chi connectivity index (χ3n) is 5.35. The monoisotopic (exact) mass is 405 g/mol. The van der Waals surface area contributed by atoms with Crippen molar-refractivity contribution in [3.05, 3.63) is 53.8 Å². The van der Waals surface area contributed by atoms with Gasteiger partial charge < -0.3 is 9.30 Å². The number of nitrogens with zero attached hydrogens (tertiary/aromatic N) is 2. The SMILES string of the molecule is CC(C)(C)OC(=O)Nc1ccc(-c2cc3cc(F)c(C#N)cc3n2C2(C)CC2)cc1. The Kier molecular flexibility index (Phi) is 4.58. The average molecular weight is 405 g/mol. The number of carbonyl (C=O) groups excluding carboxylic acids is 1. The molecule has 1 amide bonds. The number of nitrogens with one attached hydrogen (secondary N) is 1. The van der Waals surface area contributed by atoms with Crippen molar-refractivity contribution in [2.75, 3.05) is 5.32 Å². The molecule has 1 N–H and O–H groups in total. The number of aromatic nitrogens is 1. The molecule has 5 nitrogen and oxygen atoms in total. The molecule has 1 aliphatic rings. The summed E-state index contributed by atoms with van der Waals surface area (Å²) < 4.78 is 21.7. The lowest BCUT2D eigenvalue weighted by Gasteiger charge is -2.20. The summed E-state index contributed by atoms with van der Waals surface area (Å²) in [6.07, 6.45) is 1.55. The molecule has 1 fully saturated rings. The summed E-state index contributed by atoms with van der Waals surface area (Å²) in [4.78, 5) is 12.0. The number of hydrogen-bond donors (Lipinski definition) is 1. The highest BCUT2D eigenvalue weighted by Crippen LogP contribution is 2.48. The Morgan fingerprint density at radius 3 is 2.43 bits per heavy atom. The number of ether oxygens (including phenoxy) is 1. The lowest BCUT2D eigenvalue weighted by Crippen LogP contribution is -2.27. The maximum absolute atomic E-state index is 14.2. The molecule has 1 aromatic heterocycles. The molecule has 0 bridgehead atoms. The van der Waals surface area contributed by atoms with Crippen LogP contribution in [0.3, 0.4) is 0 Å². The van der Waals surface area contributed by atoms with E-state index in [0.29, 0.717) is 5.69 Å². The molecule has 0 atom stereocenters. The van der Waals surface area contributed by atoms with Gasteiger partial charge in [0.2, 0.25) is 0 Å². The summed E-state index contributed by atoms with van der Waals surface area (Å²) in [5.41, 5.74) is 2.84. The van der Waals surface area contributed by atoms with Gasteiger partial charge in [0.25, 0.3) is 0 Å². The van der Waals surface area contributed by atoms with Crippen molar-refractivity contribution in [3.63, 3.8) is 0 Å². The molecule has 1 aliphatic carbocycles. The molecule has 6 heteroatoms. The molecule has 1 saturated carbocycles. The Morgan fingerprint density at radius 2 is 1.87 bits per heavy atom. The fourth-order valence-electron chi connectivity index (χ4n) is 3.66. The van der Waals surface area contributed by atoms with Crippen LogP contribution in [0.1, 0.15) is 46.1 Å². The molecule has 4 rings (SSSR count). The summed E-state index contributed by atoms with van der Waals surface area (Å²) in [6, 6.07) is 14.4. The van der Waals surface area contributed by atoms with Crippen LogP contribution in [0.5, 0.6) is 0 Å². The van der Waals surface area contributed by atoms with E-state index in [1.54, 1.807) is 6.07 Å². The average Bonchev–Trinajstić information content (AvgIpc) is 3.28. The summed E-state index contributed by atoms with van der Waals surface area (Å²) in [6.45, 7) is 7.61. The second kappa shape index (κ2) is 6.88. The number of hydrogen-bond acceptors (Lipinski definition) is 3. The number of anilines is 1. The quantitative estimate of drug-likeness (QED) is 0.566. The van der Waals surface area contributed by atoms with E-state index >= 15 is 0 Å². The highest BCUT2D eigenvalue weighted by atomic mass is 19.1. The van der Waals surface area contributed by atoms with Gasteiger partial charge in [-0.25, -0.2) is 9.18 Å². The van der Waals surface area contributed by atoms with Crippen molar-refractivity contribution in [2.45, 2.75) is 51.7 Å². The number of nitriles is 1. The van der Waals surface area contributed by atoms with Gasteiger partial charge in [0.1, 0.15) is 17.5 Å². The molecule has 0 unspecified atom stereocenters. The van der Waals surface area contributed by atoms with E-state index in [1.807, 2.05) is 57.2 Å². The highest BCUT2D eigenvalue weighted by molar-refractivity contribution is 5.90. The zero-order chi connectivity index (χ0) is 21.7. The van der Waals surface area contributed by atoms with E-state index in [9.17, 15) is 14.4 Å². The predicted molar refractivity (Wildman–Crippen MR) is 115 cm³/mol. The smallest absolute Gasteiger partial charge is 0.412 e. The van der Waals surface area contributed by atoms with Gasteiger partial charge >= 0.3 is 6.09 Å². The van der Waals surface area contributed by atoms with Gasteiger partial charge in [0.15, 0.2) is 0 Å². The number of amides is 1. The largest absolute Gasteiger partial charge is 0.444 e. The molecule has 3 aromatic rings. The summed E-state index contributed by atoms with van der Waals surface area (Å²) in [5.74, 6) is -0.508. The number of fused-ring (bicyclic) bond motifs is 1. The van der Waals surface area contributed by atoms with Crippen molar-refractivity contribution in [1.82, 2.24) is 4.57 Å². The molecule has 154 valence electrons. The van der Waals surface area contributed by atoms with E-state index in [0.717, 1.165) is 35.0 Å². The zero-order valence-electron chi connectivity index (χ0n) is 17.5. The molecule has 2 aromatic carbocycles. The second-order valence-corrected chi connectivity index (χ2v) is 9.07. The van der Waals surface area contributed by atoms with Gasteiger partial charge in [-0.1, -0.05) is 12.1 Å². The molecule has 30 heavy (non-hydrogen) atoms. The van der Waals surface area contributed by atoms with Crippen LogP contribution in [0.4, 0.5) is 14.9 Å². The Bertz CT molecular complexity index is 1180. The normalized spacial score (nSPS) is 14.9. The van der Waals surface area contributed by atoms with Crippen molar-refractivity contribution in [3.8, 4) is 17.3 Å². The topological polar surface area (TPSA) is 67.0 Å². The fourth-order valence-corrected chi connectivity index (χ4v) is 3.66. The lowest BCUT2D eigenvalue weighted by atomic mass is 10.1. The van der Waals surface area contributed by atoms with Crippen molar-refractivity contribution < 1.29 is 13.9 Å². The van der Waals surface area contributed by atoms with E-state index < -0.39 is 17.5 Å². The predicted octanol–water partition coefficient (Wildman–Crippen LogP) is 6.18. The van der Waals surface area contributed by atoms with E-state index in [-0.39, 0.29) is 11.1 Å². The molecule has 1 heterocycles. The molecular weight excluding hydrogens is 381 g/mol. The van der Waals surface area contributed by atoms with Crippen LogP contribution in [-0.4, -0.2) is 16.3 Å². The first-order valence-electron chi connectivity index (χ1n) is 9.96. The van der Waals surface area contributed by atoms with Crippen LogP contribution in [-0.2, 0) is 10.3 Å². The van der Waals surface area contributed by atoms with E-state index in [1.165, 1.54) is 6.07 Å². The maximum atomic E-state index is 14.2. The van der Waals surface area contributed by atoms with Crippen LogP contribution in [0.2, 0.25) is 0 Å². The van der Waals surface area contributed by atoms with Gasteiger partial charge in [0, 0.05) is 22.3 Å². The lowest BCUT2D eigenvalue weighted by molar-refractivity contribution is 0.0636. The van der Waals surface area contributed by atoms with Gasteiger partial charge in [-0.05, 0) is 76.4 Å². The van der Waals surface area contributed by atoms with Crippen molar-refractivity contribution >= 4 is 22.7 Å². The summed E-state index contributed by atoms with van der Waals surface area (Å²) in [5, 5.41) is 12.7. The standard InChI is InChI=1S/C24H24FN3O2/c1-23(2,3)30-22(29)27-18-7-5-15(6-8-18)20-12-16-11-19(25)17(14-26)13-21(16)28(20)24(4)9-10-24/h5-8,11-13H,9-10H2,1-4H3,(H,27,29). The van der Waals surface area contributed by atoms with Gasteiger partial charge in [0.05, 0.1) is 11.1 Å². The zero-order valence-corrected chi connectivity index (χ0v) is 17.5. The fraction of sp³-hybridized carbons (Fsp3) is 0.333.